The molecule has 0 saturated heterocycles. The highest BCUT2D eigenvalue weighted by atomic mass is 16.5. The molecule has 0 spiro atoms. The molecule has 1 amide bonds. The highest BCUT2D eigenvalue weighted by molar-refractivity contribution is 5.73. The van der Waals surface area contributed by atoms with Crippen molar-refractivity contribution >= 4 is 11.9 Å². The molecule has 1 rings (SSSR count). The molecule has 0 unspecified atom stereocenters. The minimum Gasteiger partial charge on any atom is -0.466 e. The van der Waals surface area contributed by atoms with Crippen molar-refractivity contribution in [1.82, 2.24) is 5.32 Å². The van der Waals surface area contributed by atoms with E-state index in [9.17, 15) is 14.7 Å². The van der Waals surface area contributed by atoms with Crippen molar-refractivity contribution in [2.45, 2.75) is 44.6 Å². The average Bonchev–Trinajstić information content (AvgIpc) is 2.36. The maximum Gasteiger partial charge on any atom is 0.308 e. The van der Waals surface area contributed by atoms with Crippen LogP contribution < -0.4 is 11.1 Å². The van der Waals surface area contributed by atoms with Gasteiger partial charge in [0.2, 0.25) is 5.91 Å². The first-order valence-electron chi connectivity index (χ1n) is 6.85. The molecule has 0 bridgehead atoms. The smallest absolute Gasteiger partial charge is 0.308 e. The Bertz CT molecular complexity index is 312. The van der Waals surface area contributed by atoms with Gasteiger partial charge < -0.3 is 20.9 Å². The zero-order valence-corrected chi connectivity index (χ0v) is 11.5. The van der Waals surface area contributed by atoms with E-state index < -0.39 is 5.60 Å². The Morgan fingerprint density at radius 3 is 2.58 bits per heavy atom. The molecule has 4 N–H and O–H groups in total. The molecular weight excluding hydrogens is 248 g/mol. The van der Waals surface area contributed by atoms with Crippen LogP contribution in [0.15, 0.2) is 0 Å². The van der Waals surface area contributed by atoms with Gasteiger partial charge in [0.15, 0.2) is 0 Å². The molecule has 1 fully saturated rings. The minimum absolute atomic E-state index is 0.0918. The number of primary amides is 1. The van der Waals surface area contributed by atoms with Crippen LogP contribution in [0.2, 0.25) is 0 Å². The molecule has 6 nitrogen and oxygen atoms in total. The number of ether oxygens (including phenoxy) is 1. The molecule has 6 heteroatoms. The molecular formula is C13H24N2O4. The van der Waals surface area contributed by atoms with Gasteiger partial charge >= 0.3 is 5.97 Å². The average molecular weight is 272 g/mol. The Labute approximate surface area is 113 Å². The molecule has 1 aliphatic rings. The highest BCUT2D eigenvalue weighted by Crippen LogP contribution is 2.32. The normalized spacial score (nSPS) is 26.9. The number of hydrogen-bond donors (Lipinski definition) is 3. The lowest BCUT2D eigenvalue weighted by molar-refractivity contribution is -0.151. The number of nitrogens with one attached hydrogen (secondary N) is 1. The molecule has 0 heterocycles. The summed E-state index contributed by atoms with van der Waals surface area (Å²) in [6.45, 7) is 3.09. The second-order valence-corrected chi connectivity index (χ2v) is 5.14. The Kier molecular flexibility index (Phi) is 6.24. The van der Waals surface area contributed by atoms with Crippen LogP contribution in [-0.2, 0) is 14.3 Å². The third kappa shape index (κ3) is 5.57. The van der Waals surface area contributed by atoms with Crippen molar-refractivity contribution in [3.63, 3.8) is 0 Å². The van der Waals surface area contributed by atoms with Crippen LogP contribution in [0.4, 0.5) is 0 Å². The number of carbonyl (C=O) groups is 2. The van der Waals surface area contributed by atoms with Crippen molar-refractivity contribution in [3.05, 3.63) is 0 Å². The molecule has 0 aliphatic heterocycles. The highest BCUT2D eigenvalue weighted by Gasteiger charge is 2.35. The van der Waals surface area contributed by atoms with E-state index in [1.165, 1.54) is 0 Å². The number of rotatable bonds is 7. The van der Waals surface area contributed by atoms with Gasteiger partial charge in [0, 0.05) is 19.5 Å². The van der Waals surface area contributed by atoms with Crippen molar-refractivity contribution in [3.8, 4) is 0 Å². The lowest BCUT2D eigenvalue weighted by Gasteiger charge is -2.35. The number of carbonyl (C=O) groups excluding carboxylic acids is 2. The SMILES string of the molecule is CCOC(=O)C1CCC(O)(CNCCC(N)=O)CC1. The van der Waals surface area contributed by atoms with E-state index in [1.54, 1.807) is 6.92 Å². The first-order valence-corrected chi connectivity index (χ1v) is 6.85. The van der Waals surface area contributed by atoms with Crippen molar-refractivity contribution in [2.24, 2.45) is 11.7 Å². The van der Waals surface area contributed by atoms with Gasteiger partial charge in [0.25, 0.3) is 0 Å². The first-order chi connectivity index (χ1) is 8.97. The molecule has 0 aromatic carbocycles. The van der Waals surface area contributed by atoms with Crippen molar-refractivity contribution in [2.75, 3.05) is 19.7 Å². The number of aliphatic hydroxyl groups is 1. The quantitative estimate of drug-likeness (QED) is 0.445. The topological polar surface area (TPSA) is 102 Å². The van der Waals surface area contributed by atoms with Crippen LogP contribution in [-0.4, -0.2) is 42.3 Å². The second kappa shape index (κ2) is 7.45. The zero-order valence-electron chi connectivity index (χ0n) is 11.5. The van der Waals surface area contributed by atoms with Crippen LogP contribution >= 0.6 is 0 Å². The molecule has 1 aliphatic carbocycles. The summed E-state index contributed by atoms with van der Waals surface area (Å²) in [5.41, 5.74) is 4.24. The summed E-state index contributed by atoms with van der Waals surface area (Å²) in [7, 11) is 0. The van der Waals surface area contributed by atoms with E-state index >= 15 is 0 Å². The summed E-state index contributed by atoms with van der Waals surface area (Å²) in [6, 6.07) is 0. The monoisotopic (exact) mass is 272 g/mol. The van der Waals surface area contributed by atoms with Gasteiger partial charge in [0.1, 0.15) is 0 Å². The Balaban J connectivity index is 2.26. The molecule has 0 aromatic rings. The second-order valence-electron chi connectivity index (χ2n) is 5.14. The summed E-state index contributed by atoms with van der Waals surface area (Å²) in [6.07, 6.45) is 2.70. The summed E-state index contributed by atoms with van der Waals surface area (Å²) in [5, 5.41) is 13.4. The predicted molar refractivity (Wildman–Crippen MR) is 70.2 cm³/mol. The fourth-order valence-corrected chi connectivity index (χ4v) is 2.36. The first kappa shape index (κ1) is 15.9. The molecule has 0 atom stereocenters. The Morgan fingerprint density at radius 1 is 1.42 bits per heavy atom. The summed E-state index contributed by atoms with van der Waals surface area (Å²) < 4.78 is 4.99. The fourth-order valence-electron chi connectivity index (χ4n) is 2.36. The molecule has 0 aromatic heterocycles. The fraction of sp³-hybridized carbons (Fsp3) is 0.846. The molecule has 1 saturated carbocycles. The van der Waals surface area contributed by atoms with Gasteiger partial charge in [-0.1, -0.05) is 0 Å². The third-order valence-corrected chi connectivity index (χ3v) is 3.54. The number of amides is 1. The van der Waals surface area contributed by atoms with E-state index in [2.05, 4.69) is 5.32 Å². The van der Waals surface area contributed by atoms with Crippen LogP contribution in [0.5, 0.6) is 0 Å². The molecule has 0 radical (unpaired) electrons. The van der Waals surface area contributed by atoms with Crippen molar-refractivity contribution in [1.29, 1.82) is 0 Å². The van der Waals surface area contributed by atoms with Crippen LogP contribution in [0.25, 0.3) is 0 Å². The number of nitrogens with two attached hydrogens (primary N) is 1. The Morgan fingerprint density at radius 2 is 2.05 bits per heavy atom. The van der Waals surface area contributed by atoms with E-state index in [0.717, 1.165) is 0 Å². The van der Waals surface area contributed by atoms with Crippen LogP contribution in [0.1, 0.15) is 39.0 Å². The van der Waals surface area contributed by atoms with E-state index in [1.807, 2.05) is 0 Å². The summed E-state index contributed by atoms with van der Waals surface area (Å²) >= 11 is 0. The van der Waals surface area contributed by atoms with Crippen LogP contribution in [0.3, 0.4) is 0 Å². The number of esters is 1. The Hall–Kier alpha value is -1.14. The maximum absolute atomic E-state index is 11.6. The van der Waals surface area contributed by atoms with Gasteiger partial charge in [-0.25, -0.2) is 0 Å². The summed E-state index contributed by atoms with van der Waals surface area (Å²) in [5.74, 6) is -0.609. The van der Waals surface area contributed by atoms with E-state index in [4.69, 9.17) is 10.5 Å². The van der Waals surface area contributed by atoms with Gasteiger partial charge in [-0.15, -0.1) is 0 Å². The standard InChI is InChI=1S/C13H24N2O4/c1-2-19-12(17)10-3-6-13(18,7-4-10)9-15-8-5-11(14)16/h10,15,18H,2-9H2,1H3,(H2,14,16). The lowest BCUT2D eigenvalue weighted by Crippen LogP contribution is -2.45. The number of hydrogen-bond acceptors (Lipinski definition) is 5. The van der Waals surface area contributed by atoms with Gasteiger partial charge in [-0.2, -0.15) is 0 Å². The van der Waals surface area contributed by atoms with Crippen LogP contribution in [0, 0.1) is 5.92 Å². The lowest BCUT2D eigenvalue weighted by atomic mass is 9.79. The van der Waals surface area contributed by atoms with Gasteiger partial charge in [0.05, 0.1) is 18.1 Å². The predicted octanol–water partition coefficient (Wildman–Crippen LogP) is -0.0642. The minimum atomic E-state index is -0.791. The molecule has 19 heavy (non-hydrogen) atoms. The van der Waals surface area contributed by atoms with E-state index in [-0.39, 0.29) is 24.2 Å². The largest absolute Gasteiger partial charge is 0.466 e. The third-order valence-electron chi connectivity index (χ3n) is 3.54. The zero-order chi connectivity index (χ0) is 14.3. The van der Waals surface area contributed by atoms with Gasteiger partial charge in [-0.05, 0) is 32.6 Å². The maximum atomic E-state index is 11.6. The van der Waals surface area contributed by atoms with Gasteiger partial charge in [-0.3, -0.25) is 9.59 Å². The summed E-state index contributed by atoms with van der Waals surface area (Å²) in [4.78, 5) is 22.2. The van der Waals surface area contributed by atoms with Crippen molar-refractivity contribution < 1.29 is 19.4 Å². The van der Waals surface area contributed by atoms with E-state index in [0.29, 0.717) is 45.4 Å². The molecule has 110 valence electrons.